The maximum Gasteiger partial charge on any atom is 0.405 e. The number of aliphatic hydroxyl groups is 1. The summed E-state index contributed by atoms with van der Waals surface area (Å²) in [4.78, 5) is 39.2. The monoisotopic (exact) mass is 591 g/mol. The molecule has 1 unspecified atom stereocenters. The molecule has 2 amide bonds. The average Bonchev–Trinajstić information content (AvgIpc) is 3.32. The highest BCUT2D eigenvalue weighted by Gasteiger charge is 2.59. The average molecular weight is 592 g/mol. The minimum Gasteiger partial charge on any atom is -0.474 e. The van der Waals surface area contributed by atoms with Crippen LogP contribution < -0.4 is 10.1 Å². The van der Waals surface area contributed by atoms with Gasteiger partial charge in [0.05, 0.1) is 23.4 Å². The third-order valence-electron chi connectivity index (χ3n) is 7.75. The van der Waals surface area contributed by atoms with E-state index >= 15 is 0 Å². The van der Waals surface area contributed by atoms with E-state index in [1.807, 2.05) is 0 Å². The van der Waals surface area contributed by atoms with Crippen molar-refractivity contribution >= 4 is 12.0 Å². The molecule has 222 valence electrons. The molecule has 1 aliphatic carbocycles. The number of benzene rings is 1. The standard InChI is InChI=1S/C29H27F2N7O5/c1-29(2,35-28(41)42)16-9-22(15-4-5-20(30)21(31)8-15)34-24(10-16)43-25-17-11-37(12-18(17)25)26(40)19-13-38(36-23(19)14-39)27-32-6-3-7-33-27/h3-10,13,17-18,25,35,39H,11-12,14H2,1-2H3,(H,41,42)/t17-,18+,25?. The van der Waals surface area contributed by atoms with Gasteiger partial charge in [0.2, 0.25) is 11.8 Å². The smallest absolute Gasteiger partial charge is 0.405 e. The molecule has 1 saturated heterocycles. The second-order valence-corrected chi connectivity index (χ2v) is 11.0. The number of carboxylic acid groups (broad SMARTS) is 1. The van der Waals surface area contributed by atoms with Gasteiger partial charge in [-0.25, -0.2) is 33.2 Å². The highest BCUT2D eigenvalue weighted by atomic mass is 19.2. The van der Waals surface area contributed by atoms with Crippen LogP contribution in [-0.2, 0) is 12.1 Å². The fourth-order valence-electron chi connectivity index (χ4n) is 5.41. The number of hydrogen-bond donors (Lipinski definition) is 3. The fraction of sp³-hybridized carbons (Fsp3) is 0.310. The van der Waals surface area contributed by atoms with Crippen molar-refractivity contribution in [1.29, 1.82) is 0 Å². The Morgan fingerprint density at radius 3 is 2.47 bits per heavy atom. The third-order valence-corrected chi connectivity index (χ3v) is 7.75. The molecule has 1 aliphatic heterocycles. The Balaban J connectivity index is 1.20. The molecule has 0 radical (unpaired) electrons. The molecule has 3 aromatic heterocycles. The summed E-state index contributed by atoms with van der Waals surface area (Å²) in [5.41, 5.74) is 0.512. The first-order valence-corrected chi connectivity index (χ1v) is 13.5. The Morgan fingerprint density at radius 1 is 1.09 bits per heavy atom. The van der Waals surface area contributed by atoms with Crippen molar-refractivity contribution in [3.8, 4) is 23.1 Å². The number of fused-ring (bicyclic) bond motifs is 1. The van der Waals surface area contributed by atoms with Gasteiger partial charge < -0.3 is 25.2 Å². The number of likely N-dealkylation sites (tertiary alicyclic amines) is 1. The van der Waals surface area contributed by atoms with Crippen molar-refractivity contribution in [3.05, 3.63) is 83.4 Å². The number of pyridine rings is 1. The Hall–Kier alpha value is -4.98. The van der Waals surface area contributed by atoms with Gasteiger partial charge in [0.1, 0.15) is 11.8 Å². The van der Waals surface area contributed by atoms with E-state index in [4.69, 9.17) is 4.74 Å². The highest BCUT2D eigenvalue weighted by Crippen LogP contribution is 2.48. The summed E-state index contributed by atoms with van der Waals surface area (Å²) < 4.78 is 35.2. The van der Waals surface area contributed by atoms with Gasteiger partial charge >= 0.3 is 6.09 Å². The molecule has 0 spiro atoms. The Bertz CT molecular complexity index is 1700. The SMILES string of the molecule is CC(C)(NC(=O)O)c1cc(OC2[C@H]3CN(C(=O)c4cn(-c5ncccn5)nc4CO)C[C@@H]23)nc(-c2ccc(F)c(F)c2)c1. The van der Waals surface area contributed by atoms with E-state index in [1.165, 1.54) is 16.9 Å². The predicted molar refractivity (Wildman–Crippen MR) is 146 cm³/mol. The summed E-state index contributed by atoms with van der Waals surface area (Å²) in [5, 5.41) is 25.8. The molecule has 2 fully saturated rings. The zero-order valence-corrected chi connectivity index (χ0v) is 23.1. The summed E-state index contributed by atoms with van der Waals surface area (Å²) in [6, 6.07) is 8.27. The molecular formula is C29H27F2N7O5. The number of hydrogen-bond acceptors (Lipinski definition) is 8. The van der Waals surface area contributed by atoms with E-state index in [9.17, 15) is 28.6 Å². The zero-order chi connectivity index (χ0) is 30.5. The van der Waals surface area contributed by atoms with Gasteiger partial charge in [-0.3, -0.25) is 4.79 Å². The maximum absolute atomic E-state index is 14.0. The molecule has 12 nitrogen and oxygen atoms in total. The molecule has 43 heavy (non-hydrogen) atoms. The first kappa shape index (κ1) is 28.2. The van der Waals surface area contributed by atoms with E-state index < -0.39 is 29.9 Å². The number of piperidine rings is 1. The molecular weight excluding hydrogens is 564 g/mol. The van der Waals surface area contributed by atoms with Gasteiger partial charge in [-0.05, 0) is 49.7 Å². The van der Waals surface area contributed by atoms with Crippen LogP contribution in [0.1, 0.15) is 35.5 Å². The van der Waals surface area contributed by atoms with Crippen LogP contribution >= 0.6 is 0 Å². The highest BCUT2D eigenvalue weighted by molar-refractivity contribution is 5.95. The van der Waals surface area contributed by atoms with Crippen LogP contribution in [0.2, 0.25) is 0 Å². The first-order valence-electron chi connectivity index (χ1n) is 13.5. The topological polar surface area (TPSA) is 156 Å². The normalized spacial score (nSPS) is 19.2. The fourth-order valence-corrected chi connectivity index (χ4v) is 5.41. The van der Waals surface area contributed by atoms with Crippen LogP contribution in [0.3, 0.4) is 0 Å². The van der Waals surface area contributed by atoms with E-state index in [0.29, 0.717) is 24.2 Å². The second-order valence-electron chi connectivity index (χ2n) is 11.0. The molecule has 1 aromatic carbocycles. The minimum atomic E-state index is -1.23. The lowest BCUT2D eigenvalue weighted by atomic mass is 9.93. The largest absolute Gasteiger partial charge is 0.474 e. The molecule has 0 bridgehead atoms. The van der Waals surface area contributed by atoms with E-state index in [2.05, 4.69) is 25.4 Å². The lowest BCUT2D eigenvalue weighted by Crippen LogP contribution is -2.40. The molecule has 6 rings (SSSR count). The zero-order valence-electron chi connectivity index (χ0n) is 23.1. The summed E-state index contributed by atoms with van der Waals surface area (Å²) in [6.07, 6.45) is 3.12. The van der Waals surface area contributed by atoms with Crippen molar-refractivity contribution in [2.45, 2.75) is 32.1 Å². The van der Waals surface area contributed by atoms with Gasteiger partial charge in [-0.1, -0.05) is 0 Å². The quantitative estimate of drug-likeness (QED) is 0.280. The number of nitrogens with one attached hydrogen (secondary N) is 1. The minimum absolute atomic E-state index is 0.0244. The van der Waals surface area contributed by atoms with Gasteiger partial charge in [0.25, 0.3) is 5.91 Å². The number of carbonyl (C=O) groups excluding carboxylic acids is 1. The number of aliphatic hydroxyl groups excluding tert-OH is 1. The van der Waals surface area contributed by atoms with Crippen LogP contribution in [0, 0.1) is 23.5 Å². The Labute approximate surface area is 244 Å². The predicted octanol–water partition coefficient (Wildman–Crippen LogP) is 3.15. The Kier molecular flexibility index (Phi) is 7.00. The summed E-state index contributed by atoms with van der Waals surface area (Å²) in [6.45, 7) is 3.72. The van der Waals surface area contributed by atoms with Crippen LogP contribution in [0.4, 0.5) is 13.6 Å². The number of amides is 2. The van der Waals surface area contributed by atoms with E-state index in [-0.39, 0.29) is 52.6 Å². The van der Waals surface area contributed by atoms with Gasteiger partial charge in [-0.2, -0.15) is 5.10 Å². The number of carbonyl (C=O) groups is 2. The molecule has 3 atom stereocenters. The van der Waals surface area contributed by atoms with Gasteiger partial charge in [0.15, 0.2) is 11.6 Å². The molecule has 2 aliphatic rings. The molecule has 14 heteroatoms. The molecule has 1 saturated carbocycles. The third kappa shape index (κ3) is 5.48. The lowest BCUT2D eigenvalue weighted by Gasteiger charge is -2.26. The second kappa shape index (κ2) is 10.7. The van der Waals surface area contributed by atoms with Gasteiger partial charge in [0, 0.05) is 55.1 Å². The number of aromatic nitrogens is 5. The summed E-state index contributed by atoms with van der Waals surface area (Å²) >= 11 is 0. The summed E-state index contributed by atoms with van der Waals surface area (Å²) in [7, 11) is 0. The number of halogens is 2. The van der Waals surface area contributed by atoms with Crippen molar-refractivity contribution in [2.75, 3.05) is 13.1 Å². The maximum atomic E-state index is 14.0. The van der Waals surface area contributed by atoms with Crippen molar-refractivity contribution < 1.29 is 33.3 Å². The molecule has 4 heterocycles. The van der Waals surface area contributed by atoms with Crippen molar-refractivity contribution in [2.24, 2.45) is 11.8 Å². The summed E-state index contributed by atoms with van der Waals surface area (Å²) in [5.74, 6) is -1.80. The van der Waals surface area contributed by atoms with Crippen LogP contribution in [0.5, 0.6) is 5.88 Å². The first-order chi connectivity index (χ1) is 20.5. The van der Waals surface area contributed by atoms with Crippen molar-refractivity contribution in [1.82, 2.24) is 34.9 Å². The number of rotatable bonds is 8. The molecule has 3 N–H and O–H groups in total. The number of ether oxygens (including phenoxy) is 1. The van der Waals surface area contributed by atoms with Crippen molar-refractivity contribution in [3.63, 3.8) is 0 Å². The van der Waals surface area contributed by atoms with E-state index in [0.717, 1.165) is 12.1 Å². The van der Waals surface area contributed by atoms with Crippen LogP contribution in [-0.4, -0.2) is 71.0 Å². The van der Waals surface area contributed by atoms with Crippen LogP contribution in [0.25, 0.3) is 17.2 Å². The Morgan fingerprint density at radius 2 is 1.81 bits per heavy atom. The number of nitrogens with zero attached hydrogens (tertiary/aromatic N) is 6. The molecule has 4 aromatic rings. The van der Waals surface area contributed by atoms with Crippen LogP contribution in [0.15, 0.2) is 55.0 Å². The van der Waals surface area contributed by atoms with Gasteiger partial charge in [-0.15, -0.1) is 0 Å². The lowest BCUT2D eigenvalue weighted by molar-refractivity contribution is 0.0748. The van der Waals surface area contributed by atoms with E-state index in [1.54, 1.807) is 49.3 Å².